The minimum atomic E-state index is -0.177. The first-order valence-corrected chi connectivity index (χ1v) is 9.76. The Hall–Kier alpha value is -3.08. The summed E-state index contributed by atoms with van der Waals surface area (Å²) in [6.45, 7) is 0. The van der Waals surface area contributed by atoms with Gasteiger partial charge in [-0.1, -0.05) is 37.5 Å². The van der Waals surface area contributed by atoms with Crippen molar-refractivity contribution in [3.63, 3.8) is 0 Å². The monoisotopic (exact) mass is 376 g/mol. The van der Waals surface area contributed by atoms with E-state index in [0.717, 1.165) is 42.6 Å². The number of carbonyl (C=O) groups excluding carboxylic acids is 1. The number of ether oxygens (including phenoxy) is 1. The van der Waals surface area contributed by atoms with E-state index in [1.54, 1.807) is 7.11 Å². The number of amides is 1. The number of nitrogens with one attached hydrogen (secondary N) is 1. The third-order valence-electron chi connectivity index (χ3n) is 5.16. The third kappa shape index (κ3) is 3.93. The number of benzene rings is 2. The molecule has 1 amide bonds. The lowest BCUT2D eigenvalue weighted by Gasteiger charge is -2.22. The molecule has 0 spiro atoms. The molecule has 1 fully saturated rings. The van der Waals surface area contributed by atoms with Crippen LogP contribution < -0.4 is 10.1 Å². The molecule has 0 saturated heterocycles. The molecule has 1 N–H and O–H groups in total. The quantitative estimate of drug-likeness (QED) is 0.674. The molecule has 0 unspecified atom stereocenters. The first-order valence-electron chi connectivity index (χ1n) is 9.76. The summed E-state index contributed by atoms with van der Waals surface area (Å²) < 4.78 is 11.3. The fourth-order valence-corrected chi connectivity index (χ4v) is 3.62. The molecule has 2 aromatic carbocycles. The van der Waals surface area contributed by atoms with Crippen LogP contribution in [0.25, 0.3) is 22.8 Å². The normalized spacial score (nSPS) is 14.6. The van der Waals surface area contributed by atoms with Crippen LogP contribution in [0.5, 0.6) is 5.75 Å². The van der Waals surface area contributed by atoms with Gasteiger partial charge in [0, 0.05) is 17.2 Å². The van der Waals surface area contributed by atoms with Crippen LogP contribution in [-0.2, 0) is 0 Å². The maximum absolute atomic E-state index is 13.0. The van der Waals surface area contributed by atoms with Crippen LogP contribution in [0.15, 0.2) is 59.0 Å². The molecule has 5 nitrogen and oxygen atoms in total. The third-order valence-corrected chi connectivity index (χ3v) is 5.16. The minimum absolute atomic E-state index is 0.177. The van der Waals surface area contributed by atoms with Gasteiger partial charge >= 0.3 is 0 Å². The van der Waals surface area contributed by atoms with Gasteiger partial charge in [-0.3, -0.25) is 4.79 Å². The van der Waals surface area contributed by atoms with Gasteiger partial charge in [0.1, 0.15) is 5.75 Å². The van der Waals surface area contributed by atoms with Crippen LogP contribution in [0, 0.1) is 0 Å². The predicted octanol–water partition coefficient (Wildman–Crippen LogP) is 5.08. The van der Waals surface area contributed by atoms with E-state index in [9.17, 15) is 4.79 Å². The average molecular weight is 376 g/mol. The van der Waals surface area contributed by atoms with Crippen molar-refractivity contribution in [3.8, 4) is 28.5 Å². The fraction of sp³-hybridized carbons (Fsp3) is 0.304. The highest BCUT2D eigenvalue weighted by atomic mass is 16.5. The summed E-state index contributed by atoms with van der Waals surface area (Å²) in [4.78, 5) is 17.6. The molecule has 1 heterocycles. The van der Waals surface area contributed by atoms with Crippen LogP contribution in [0.2, 0.25) is 0 Å². The summed E-state index contributed by atoms with van der Waals surface area (Å²) in [5, 5.41) is 3.15. The summed E-state index contributed by atoms with van der Waals surface area (Å²) in [7, 11) is 1.63. The van der Waals surface area contributed by atoms with E-state index in [0.29, 0.717) is 17.3 Å². The summed E-state index contributed by atoms with van der Waals surface area (Å²) >= 11 is 0. The number of nitrogens with zero attached hydrogens (tertiary/aromatic N) is 1. The Morgan fingerprint density at radius 3 is 2.39 bits per heavy atom. The molecule has 1 saturated carbocycles. The standard InChI is InChI=1S/C23H24N2O3/c1-27-19-14-12-16(13-15-19)21-20(22(26)24-18-10-6-3-7-11-18)25-23(28-21)17-8-4-2-5-9-17/h2,4-5,8-9,12-15,18H,3,6-7,10-11H2,1H3,(H,24,26). The Morgan fingerprint density at radius 1 is 1.00 bits per heavy atom. The second kappa shape index (κ2) is 8.30. The number of hydrogen-bond acceptors (Lipinski definition) is 4. The Morgan fingerprint density at radius 2 is 1.71 bits per heavy atom. The zero-order chi connectivity index (χ0) is 19.3. The fourth-order valence-electron chi connectivity index (χ4n) is 3.62. The SMILES string of the molecule is COc1ccc(-c2oc(-c3ccccc3)nc2C(=O)NC2CCCCC2)cc1. The first kappa shape index (κ1) is 18.3. The van der Waals surface area contributed by atoms with Crippen molar-refractivity contribution in [1.29, 1.82) is 0 Å². The number of carbonyl (C=O) groups is 1. The summed E-state index contributed by atoms with van der Waals surface area (Å²) in [6.07, 6.45) is 5.60. The average Bonchev–Trinajstić information content (AvgIpc) is 3.21. The van der Waals surface area contributed by atoms with Crippen molar-refractivity contribution in [2.24, 2.45) is 0 Å². The van der Waals surface area contributed by atoms with E-state index >= 15 is 0 Å². The van der Waals surface area contributed by atoms with Crippen molar-refractivity contribution in [1.82, 2.24) is 10.3 Å². The molecule has 0 atom stereocenters. The highest BCUT2D eigenvalue weighted by Crippen LogP contribution is 2.31. The zero-order valence-corrected chi connectivity index (χ0v) is 16.0. The largest absolute Gasteiger partial charge is 0.497 e. The smallest absolute Gasteiger partial charge is 0.274 e. The van der Waals surface area contributed by atoms with Crippen molar-refractivity contribution < 1.29 is 13.9 Å². The van der Waals surface area contributed by atoms with Crippen LogP contribution in [0.4, 0.5) is 0 Å². The molecule has 1 aromatic heterocycles. The molecule has 28 heavy (non-hydrogen) atoms. The first-order chi connectivity index (χ1) is 13.7. The van der Waals surface area contributed by atoms with Gasteiger partial charge in [-0.05, 0) is 49.2 Å². The lowest BCUT2D eigenvalue weighted by atomic mass is 9.95. The van der Waals surface area contributed by atoms with Gasteiger partial charge in [0.15, 0.2) is 11.5 Å². The van der Waals surface area contributed by atoms with Crippen molar-refractivity contribution >= 4 is 5.91 Å². The highest BCUT2D eigenvalue weighted by molar-refractivity contribution is 5.98. The van der Waals surface area contributed by atoms with Gasteiger partial charge in [-0.2, -0.15) is 0 Å². The topological polar surface area (TPSA) is 64.4 Å². The molecule has 1 aliphatic rings. The van der Waals surface area contributed by atoms with Gasteiger partial charge in [0.05, 0.1) is 7.11 Å². The molecule has 4 rings (SSSR count). The van der Waals surface area contributed by atoms with E-state index in [-0.39, 0.29) is 11.9 Å². The summed E-state index contributed by atoms with van der Waals surface area (Å²) in [5.74, 6) is 1.50. The number of hydrogen-bond donors (Lipinski definition) is 1. The molecule has 5 heteroatoms. The molecule has 0 aliphatic heterocycles. The summed E-state index contributed by atoms with van der Waals surface area (Å²) in [6, 6.07) is 17.3. The number of oxazole rings is 1. The van der Waals surface area contributed by atoms with E-state index < -0.39 is 0 Å². The van der Waals surface area contributed by atoms with Gasteiger partial charge in [0.25, 0.3) is 5.91 Å². The molecule has 0 radical (unpaired) electrons. The van der Waals surface area contributed by atoms with Crippen LogP contribution in [0.1, 0.15) is 42.6 Å². The van der Waals surface area contributed by atoms with Gasteiger partial charge in [0.2, 0.25) is 5.89 Å². The maximum atomic E-state index is 13.0. The van der Waals surface area contributed by atoms with Crippen LogP contribution in [-0.4, -0.2) is 24.0 Å². The lowest BCUT2D eigenvalue weighted by Crippen LogP contribution is -2.36. The summed E-state index contributed by atoms with van der Waals surface area (Å²) in [5.41, 5.74) is 1.97. The van der Waals surface area contributed by atoms with E-state index in [2.05, 4.69) is 10.3 Å². The molecular formula is C23H24N2O3. The second-order valence-corrected chi connectivity index (χ2v) is 7.10. The number of methoxy groups -OCH3 is 1. The van der Waals surface area contributed by atoms with Crippen molar-refractivity contribution in [2.45, 2.75) is 38.1 Å². The highest BCUT2D eigenvalue weighted by Gasteiger charge is 2.25. The van der Waals surface area contributed by atoms with Gasteiger partial charge < -0.3 is 14.5 Å². The Bertz CT molecular complexity index is 926. The van der Waals surface area contributed by atoms with Crippen LogP contribution in [0.3, 0.4) is 0 Å². The van der Waals surface area contributed by atoms with E-state index in [1.807, 2.05) is 54.6 Å². The predicted molar refractivity (Wildman–Crippen MR) is 108 cm³/mol. The number of aromatic nitrogens is 1. The molecule has 144 valence electrons. The van der Waals surface area contributed by atoms with E-state index in [4.69, 9.17) is 9.15 Å². The van der Waals surface area contributed by atoms with Gasteiger partial charge in [-0.15, -0.1) is 0 Å². The van der Waals surface area contributed by atoms with Crippen molar-refractivity contribution in [3.05, 3.63) is 60.3 Å². The minimum Gasteiger partial charge on any atom is -0.497 e. The maximum Gasteiger partial charge on any atom is 0.274 e. The zero-order valence-electron chi connectivity index (χ0n) is 16.0. The lowest BCUT2D eigenvalue weighted by molar-refractivity contribution is 0.0923. The number of rotatable bonds is 5. The van der Waals surface area contributed by atoms with Gasteiger partial charge in [-0.25, -0.2) is 4.98 Å². The Labute approximate surface area is 164 Å². The Balaban J connectivity index is 1.69. The van der Waals surface area contributed by atoms with Crippen molar-refractivity contribution in [2.75, 3.05) is 7.11 Å². The Kier molecular flexibility index (Phi) is 5.42. The second-order valence-electron chi connectivity index (χ2n) is 7.10. The van der Waals surface area contributed by atoms with Crippen LogP contribution >= 0.6 is 0 Å². The molecule has 3 aromatic rings. The molecular weight excluding hydrogens is 352 g/mol. The molecule has 1 aliphatic carbocycles. The molecule has 0 bridgehead atoms. The van der Waals surface area contributed by atoms with E-state index in [1.165, 1.54) is 6.42 Å².